The first-order valence-electron chi connectivity index (χ1n) is 11.6. The number of fused-ring (bicyclic) bond motifs is 1. The molecule has 3 heterocycles. The molecule has 0 unspecified atom stereocenters. The second kappa shape index (κ2) is 10.3. The second-order valence-electron chi connectivity index (χ2n) is 8.80. The van der Waals surface area contributed by atoms with E-state index in [4.69, 9.17) is 32.9 Å². The van der Waals surface area contributed by atoms with Gasteiger partial charge < -0.3 is 19.9 Å². The van der Waals surface area contributed by atoms with E-state index in [1.807, 2.05) is 18.2 Å². The molecule has 0 bridgehead atoms. The summed E-state index contributed by atoms with van der Waals surface area (Å²) in [6.45, 7) is 3.93. The lowest BCUT2D eigenvalue weighted by Crippen LogP contribution is -2.44. The molecule has 2 aromatic heterocycles. The van der Waals surface area contributed by atoms with Crippen molar-refractivity contribution in [2.75, 3.05) is 50.6 Å². The predicted molar refractivity (Wildman–Crippen MR) is 145 cm³/mol. The number of likely N-dealkylation sites (N-methyl/N-ethyl adjacent to an activating group) is 1. The molecule has 2 aromatic carbocycles. The number of pyridine rings is 1. The Hall–Kier alpha value is -3.33. The molecule has 0 aliphatic carbocycles. The third-order valence-electron chi connectivity index (χ3n) is 6.43. The van der Waals surface area contributed by atoms with E-state index in [-0.39, 0.29) is 5.56 Å². The van der Waals surface area contributed by atoms with Crippen LogP contribution in [-0.2, 0) is 6.42 Å². The van der Waals surface area contributed by atoms with Gasteiger partial charge in [-0.3, -0.25) is 4.79 Å². The van der Waals surface area contributed by atoms with Gasteiger partial charge in [0.15, 0.2) is 0 Å². The SMILES string of the molecule is COc1cc(N2CCN(C)CC2)ccc1Nc1nc(Cc2c(Cl)cccc2Cl)cc2cn[nH]c(=O)c12. The Morgan fingerprint density at radius 1 is 1.08 bits per heavy atom. The molecule has 1 fully saturated rings. The number of nitrogens with zero attached hydrogens (tertiary/aromatic N) is 4. The van der Waals surface area contributed by atoms with Gasteiger partial charge in [0.2, 0.25) is 0 Å². The summed E-state index contributed by atoms with van der Waals surface area (Å²) in [4.78, 5) is 22.2. The van der Waals surface area contributed by atoms with Crippen molar-refractivity contribution in [1.29, 1.82) is 0 Å². The molecule has 5 rings (SSSR count). The van der Waals surface area contributed by atoms with Gasteiger partial charge in [0.05, 0.1) is 24.4 Å². The highest BCUT2D eigenvalue weighted by Crippen LogP contribution is 2.34. The molecular weight excluding hydrogens is 499 g/mol. The lowest BCUT2D eigenvalue weighted by molar-refractivity contribution is 0.312. The zero-order valence-electron chi connectivity index (χ0n) is 20.0. The van der Waals surface area contributed by atoms with Crippen LogP contribution in [-0.4, -0.2) is 60.4 Å². The van der Waals surface area contributed by atoms with Crippen molar-refractivity contribution in [1.82, 2.24) is 20.1 Å². The van der Waals surface area contributed by atoms with Crippen LogP contribution in [0.4, 0.5) is 17.2 Å². The number of methoxy groups -OCH3 is 1. The van der Waals surface area contributed by atoms with E-state index in [2.05, 4.69) is 38.4 Å². The van der Waals surface area contributed by atoms with Crippen LogP contribution in [0.1, 0.15) is 11.3 Å². The summed E-state index contributed by atoms with van der Waals surface area (Å²) in [6.07, 6.45) is 2.00. The number of hydrogen-bond donors (Lipinski definition) is 2. The van der Waals surface area contributed by atoms with Crippen LogP contribution in [0, 0.1) is 0 Å². The van der Waals surface area contributed by atoms with Gasteiger partial charge in [-0.25, -0.2) is 10.1 Å². The van der Waals surface area contributed by atoms with Gasteiger partial charge >= 0.3 is 0 Å². The average Bonchev–Trinajstić information content (AvgIpc) is 2.87. The quantitative estimate of drug-likeness (QED) is 0.377. The van der Waals surface area contributed by atoms with E-state index in [1.54, 1.807) is 31.5 Å². The van der Waals surface area contributed by atoms with Gasteiger partial charge in [0.1, 0.15) is 11.6 Å². The summed E-state index contributed by atoms with van der Waals surface area (Å²) in [5.74, 6) is 1.06. The molecule has 0 saturated carbocycles. The van der Waals surface area contributed by atoms with Crippen LogP contribution in [0.2, 0.25) is 10.0 Å². The Kier molecular flexibility index (Phi) is 7.00. The maximum absolute atomic E-state index is 12.7. The summed E-state index contributed by atoms with van der Waals surface area (Å²) < 4.78 is 5.71. The average molecular weight is 525 g/mol. The van der Waals surface area contributed by atoms with E-state index >= 15 is 0 Å². The van der Waals surface area contributed by atoms with Crippen LogP contribution in [0.25, 0.3) is 10.8 Å². The summed E-state index contributed by atoms with van der Waals surface area (Å²) in [6, 6.07) is 13.2. The third-order valence-corrected chi connectivity index (χ3v) is 7.13. The summed E-state index contributed by atoms with van der Waals surface area (Å²) in [5, 5.41) is 12.0. The van der Waals surface area contributed by atoms with Gasteiger partial charge in [0.25, 0.3) is 5.56 Å². The normalized spacial score (nSPS) is 14.3. The number of halogens is 2. The zero-order valence-corrected chi connectivity index (χ0v) is 21.5. The van der Waals surface area contributed by atoms with Crippen molar-refractivity contribution in [3.63, 3.8) is 0 Å². The fraction of sp³-hybridized carbons (Fsp3) is 0.269. The van der Waals surface area contributed by atoms with Crippen molar-refractivity contribution in [3.8, 4) is 5.75 Å². The number of H-pyrrole nitrogens is 1. The smallest absolute Gasteiger partial charge is 0.275 e. The van der Waals surface area contributed by atoms with Crippen LogP contribution in [0.15, 0.2) is 53.5 Å². The molecule has 8 nitrogen and oxygen atoms in total. The van der Waals surface area contributed by atoms with Crippen molar-refractivity contribution in [3.05, 3.63) is 80.3 Å². The number of nitrogens with one attached hydrogen (secondary N) is 2. The molecule has 36 heavy (non-hydrogen) atoms. The topological polar surface area (TPSA) is 86.4 Å². The highest BCUT2D eigenvalue weighted by Gasteiger charge is 2.18. The van der Waals surface area contributed by atoms with E-state index in [9.17, 15) is 4.79 Å². The Balaban J connectivity index is 1.52. The van der Waals surface area contributed by atoms with E-state index in [0.717, 1.165) is 37.4 Å². The first-order chi connectivity index (χ1) is 17.4. The van der Waals surface area contributed by atoms with E-state index < -0.39 is 0 Å². The molecule has 2 N–H and O–H groups in total. The van der Waals surface area contributed by atoms with Gasteiger partial charge in [-0.05, 0) is 42.9 Å². The maximum atomic E-state index is 12.7. The fourth-order valence-corrected chi connectivity index (χ4v) is 4.94. The van der Waals surface area contributed by atoms with Gasteiger partial charge in [0, 0.05) is 65.5 Å². The number of aromatic amines is 1. The van der Waals surface area contributed by atoms with Crippen LogP contribution in [0.5, 0.6) is 5.75 Å². The number of hydrogen-bond acceptors (Lipinski definition) is 7. The summed E-state index contributed by atoms with van der Waals surface area (Å²) >= 11 is 12.8. The first kappa shape index (κ1) is 24.4. The molecular formula is C26H26Cl2N6O2. The molecule has 1 aliphatic rings. The lowest BCUT2D eigenvalue weighted by atomic mass is 10.1. The monoisotopic (exact) mass is 524 g/mol. The highest BCUT2D eigenvalue weighted by molar-refractivity contribution is 6.36. The molecule has 186 valence electrons. The lowest BCUT2D eigenvalue weighted by Gasteiger charge is -2.34. The Morgan fingerprint density at radius 2 is 1.83 bits per heavy atom. The number of anilines is 3. The molecule has 0 spiro atoms. The van der Waals surface area contributed by atoms with Gasteiger partial charge in [-0.2, -0.15) is 5.10 Å². The van der Waals surface area contributed by atoms with Gasteiger partial charge in [-0.15, -0.1) is 0 Å². The Morgan fingerprint density at radius 3 is 2.56 bits per heavy atom. The number of aromatic nitrogens is 3. The van der Waals surface area contributed by atoms with Crippen LogP contribution in [0.3, 0.4) is 0 Å². The summed E-state index contributed by atoms with van der Waals surface area (Å²) in [7, 11) is 3.76. The van der Waals surface area contributed by atoms with Crippen LogP contribution >= 0.6 is 23.2 Å². The molecule has 1 saturated heterocycles. The number of benzene rings is 2. The highest BCUT2D eigenvalue weighted by atomic mass is 35.5. The predicted octanol–water partition coefficient (Wildman–Crippen LogP) is 4.72. The molecule has 1 aliphatic heterocycles. The third kappa shape index (κ3) is 4.97. The fourth-order valence-electron chi connectivity index (χ4n) is 4.41. The second-order valence-corrected chi connectivity index (χ2v) is 9.62. The number of ether oxygens (including phenoxy) is 1. The molecule has 10 heteroatoms. The van der Waals surface area contributed by atoms with E-state index in [1.165, 1.54) is 0 Å². The Bertz CT molecular complexity index is 1450. The van der Waals surface area contributed by atoms with Crippen molar-refractivity contribution in [2.24, 2.45) is 0 Å². The first-order valence-corrected chi connectivity index (χ1v) is 12.4. The minimum absolute atomic E-state index is 0.335. The number of piperazine rings is 1. The van der Waals surface area contributed by atoms with Gasteiger partial charge in [-0.1, -0.05) is 29.3 Å². The van der Waals surface area contributed by atoms with Crippen molar-refractivity contribution < 1.29 is 4.74 Å². The zero-order chi connectivity index (χ0) is 25.2. The minimum Gasteiger partial charge on any atom is -0.494 e. The summed E-state index contributed by atoms with van der Waals surface area (Å²) in [5.41, 5.74) is 2.92. The van der Waals surface area contributed by atoms with Crippen LogP contribution < -0.4 is 20.5 Å². The minimum atomic E-state index is -0.335. The van der Waals surface area contributed by atoms with E-state index in [0.29, 0.717) is 50.2 Å². The molecule has 0 radical (unpaired) electrons. The molecule has 4 aromatic rings. The van der Waals surface area contributed by atoms with Crippen molar-refractivity contribution >= 4 is 51.2 Å². The largest absolute Gasteiger partial charge is 0.494 e. The Labute approximate surface area is 218 Å². The molecule has 0 atom stereocenters. The molecule has 0 amide bonds. The number of rotatable bonds is 6. The van der Waals surface area contributed by atoms with Crippen molar-refractivity contribution in [2.45, 2.75) is 6.42 Å². The standard InChI is InChI=1S/C26H26Cl2N6O2/c1-33-8-10-34(11-9-33)18-6-7-22(23(14-18)36-2)31-25-24-16(15-29-32-26(24)35)12-17(30-25)13-19-20(27)4-3-5-21(19)28/h3-7,12,14-15H,8-11,13H2,1-2H3,(H,30,31)(H,32,35). The maximum Gasteiger partial charge on any atom is 0.275 e.